The summed E-state index contributed by atoms with van der Waals surface area (Å²) in [5.74, 6) is 0.606. The molecule has 1 unspecified atom stereocenters. The van der Waals surface area contributed by atoms with E-state index < -0.39 is 0 Å². The summed E-state index contributed by atoms with van der Waals surface area (Å²) < 4.78 is 0. The van der Waals surface area contributed by atoms with Gasteiger partial charge >= 0.3 is 0 Å². The fraction of sp³-hybridized carbons (Fsp3) is 0.625. The lowest BCUT2D eigenvalue weighted by atomic mass is 9.93. The Balaban J connectivity index is 2.05. The van der Waals surface area contributed by atoms with E-state index in [0.29, 0.717) is 5.92 Å². The number of nitrogens with zero attached hydrogens (tertiary/aromatic N) is 1. The molecular weight excluding hydrogens is 286 g/mol. The molecule has 1 fully saturated rings. The van der Waals surface area contributed by atoms with Gasteiger partial charge in [-0.3, -0.25) is 4.90 Å². The Kier molecular flexibility index (Phi) is 5.25. The van der Waals surface area contributed by atoms with Crippen molar-refractivity contribution < 1.29 is 0 Å². The number of benzene rings is 1. The van der Waals surface area contributed by atoms with Crippen LogP contribution in [-0.4, -0.2) is 28.9 Å². The Morgan fingerprint density at radius 2 is 1.78 bits per heavy atom. The van der Waals surface area contributed by atoms with E-state index in [1.165, 1.54) is 31.4 Å². The molecule has 1 saturated heterocycles. The van der Waals surface area contributed by atoms with Gasteiger partial charge in [0.05, 0.1) is 0 Å². The summed E-state index contributed by atoms with van der Waals surface area (Å²) in [5, 5.41) is 1.05. The van der Waals surface area contributed by atoms with Crippen LogP contribution in [0.4, 0.5) is 0 Å². The van der Waals surface area contributed by atoms with Gasteiger partial charge in [0.1, 0.15) is 0 Å². The molecule has 2 heteroatoms. The number of piperidine rings is 1. The lowest BCUT2D eigenvalue weighted by Crippen LogP contribution is -2.45. The quantitative estimate of drug-likeness (QED) is 0.744. The summed E-state index contributed by atoms with van der Waals surface area (Å²) in [6, 6.07) is 12.4. The summed E-state index contributed by atoms with van der Waals surface area (Å²) >= 11 is 3.69. The van der Waals surface area contributed by atoms with Crippen molar-refractivity contribution >= 4 is 15.9 Å². The van der Waals surface area contributed by atoms with Crippen molar-refractivity contribution in [2.45, 2.75) is 51.1 Å². The number of rotatable bonds is 4. The second kappa shape index (κ2) is 6.72. The van der Waals surface area contributed by atoms with E-state index in [0.717, 1.165) is 17.4 Å². The van der Waals surface area contributed by atoms with Crippen LogP contribution in [-0.2, 0) is 0 Å². The molecule has 100 valence electrons. The largest absolute Gasteiger partial charge is 0.297 e. The first kappa shape index (κ1) is 14.1. The number of hydrogen-bond acceptors (Lipinski definition) is 1. The highest BCUT2D eigenvalue weighted by atomic mass is 79.9. The van der Waals surface area contributed by atoms with Gasteiger partial charge in [-0.05, 0) is 32.3 Å². The van der Waals surface area contributed by atoms with E-state index in [-0.39, 0.29) is 0 Å². The van der Waals surface area contributed by atoms with Crippen molar-refractivity contribution in [3.8, 4) is 0 Å². The highest BCUT2D eigenvalue weighted by Crippen LogP contribution is 2.27. The third kappa shape index (κ3) is 3.36. The maximum atomic E-state index is 3.69. The second-order valence-electron chi connectivity index (χ2n) is 5.59. The predicted molar refractivity (Wildman–Crippen MR) is 82.5 cm³/mol. The van der Waals surface area contributed by atoms with E-state index in [1.807, 2.05) is 0 Å². The van der Waals surface area contributed by atoms with Gasteiger partial charge < -0.3 is 0 Å². The third-order valence-electron chi connectivity index (χ3n) is 4.26. The summed E-state index contributed by atoms with van der Waals surface area (Å²) in [7, 11) is 0. The fourth-order valence-corrected chi connectivity index (χ4v) is 3.64. The number of halogens is 1. The summed E-state index contributed by atoms with van der Waals surface area (Å²) in [6.45, 7) is 5.94. The zero-order valence-electron chi connectivity index (χ0n) is 11.5. The van der Waals surface area contributed by atoms with Crippen molar-refractivity contribution in [2.24, 2.45) is 0 Å². The van der Waals surface area contributed by atoms with Crippen LogP contribution in [0.25, 0.3) is 0 Å². The van der Waals surface area contributed by atoms with Gasteiger partial charge in [-0.15, -0.1) is 0 Å². The van der Waals surface area contributed by atoms with Gasteiger partial charge in [0.15, 0.2) is 0 Å². The van der Waals surface area contributed by atoms with Gasteiger partial charge in [-0.2, -0.15) is 0 Å². The maximum absolute atomic E-state index is 3.69. The first-order valence-electron chi connectivity index (χ1n) is 7.09. The average molecular weight is 310 g/mol. The van der Waals surface area contributed by atoms with E-state index in [9.17, 15) is 0 Å². The van der Waals surface area contributed by atoms with E-state index >= 15 is 0 Å². The van der Waals surface area contributed by atoms with Crippen LogP contribution in [0.2, 0.25) is 0 Å². The van der Waals surface area contributed by atoms with Crippen molar-refractivity contribution in [3.05, 3.63) is 35.9 Å². The molecule has 0 N–H and O–H groups in total. The van der Waals surface area contributed by atoms with Crippen molar-refractivity contribution in [3.63, 3.8) is 0 Å². The Hall–Kier alpha value is -0.340. The van der Waals surface area contributed by atoms with Gasteiger partial charge in [0, 0.05) is 29.9 Å². The predicted octanol–water partition coefficient (Wildman–Crippen LogP) is 4.43. The van der Waals surface area contributed by atoms with Crippen LogP contribution in [0, 0.1) is 0 Å². The standard InChI is InChI=1S/C16H24BrN/c1-13-7-6-8-14(2)18(13)12-16(11-17)15-9-4-3-5-10-15/h3-5,9-10,13-14,16H,6-8,11-12H2,1-2H3/t13-,14+,16?. The Labute approximate surface area is 120 Å². The average Bonchev–Trinajstić information content (AvgIpc) is 2.40. The van der Waals surface area contributed by atoms with Crippen LogP contribution in [0.15, 0.2) is 30.3 Å². The molecule has 0 bridgehead atoms. The molecule has 1 heterocycles. The number of alkyl halides is 1. The molecule has 0 spiro atoms. The maximum Gasteiger partial charge on any atom is 0.0112 e. The second-order valence-corrected chi connectivity index (χ2v) is 6.24. The lowest BCUT2D eigenvalue weighted by molar-refractivity contribution is 0.0981. The number of hydrogen-bond donors (Lipinski definition) is 0. The van der Waals surface area contributed by atoms with Crippen LogP contribution < -0.4 is 0 Å². The van der Waals surface area contributed by atoms with Crippen molar-refractivity contribution in [1.82, 2.24) is 4.90 Å². The minimum atomic E-state index is 0.606. The zero-order valence-corrected chi connectivity index (χ0v) is 13.1. The molecule has 3 atom stereocenters. The van der Waals surface area contributed by atoms with Gasteiger partial charge in [0.2, 0.25) is 0 Å². The third-order valence-corrected chi connectivity index (χ3v) is 5.05. The Morgan fingerprint density at radius 1 is 1.17 bits per heavy atom. The van der Waals surface area contributed by atoms with Crippen LogP contribution in [0.1, 0.15) is 44.6 Å². The van der Waals surface area contributed by atoms with E-state index in [4.69, 9.17) is 0 Å². The van der Waals surface area contributed by atoms with Gasteiger partial charge in [-0.25, -0.2) is 0 Å². The monoisotopic (exact) mass is 309 g/mol. The number of likely N-dealkylation sites (tertiary alicyclic amines) is 1. The molecule has 0 aromatic heterocycles. The molecule has 1 nitrogen and oxygen atoms in total. The lowest BCUT2D eigenvalue weighted by Gasteiger charge is -2.40. The van der Waals surface area contributed by atoms with E-state index in [2.05, 4.69) is 65.0 Å². The smallest absolute Gasteiger partial charge is 0.0112 e. The van der Waals surface area contributed by atoms with Crippen molar-refractivity contribution in [1.29, 1.82) is 0 Å². The zero-order chi connectivity index (χ0) is 13.0. The molecule has 0 saturated carbocycles. The molecule has 18 heavy (non-hydrogen) atoms. The highest BCUT2D eigenvalue weighted by Gasteiger charge is 2.27. The minimum Gasteiger partial charge on any atom is -0.297 e. The molecule has 1 aliphatic rings. The fourth-order valence-electron chi connectivity index (χ4n) is 3.06. The van der Waals surface area contributed by atoms with Crippen LogP contribution in [0.5, 0.6) is 0 Å². The normalized spacial score (nSPS) is 27.1. The Bertz CT molecular complexity index is 341. The van der Waals surface area contributed by atoms with E-state index in [1.54, 1.807) is 0 Å². The summed E-state index contributed by atoms with van der Waals surface area (Å²) in [4.78, 5) is 2.70. The molecule has 0 radical (unpaired) electrons. The SMILES string of the molecule is C[C@@H]1CCC[C@H](C)N1CC(CBr)c1ccccc1. The first-order valence-corrected chi connectivity index (χ1v) is 8.21. The molecule has 0 amide bonds. The van der Waals surface area contributed by atoms with Gasteiger partial charge in [-0.1, -0.05) is 52.7 Å². The molecule has 1 aliphatic heterocycles. The van der Waals surface area contributed by atoms with Crippen LogP contribution in [0.3, 0.4) is 0 Å². The first-order chi connectivity index (χ1) is 8.72. The summed E-state index contributed by atoms with van der Waals surface area (Å²) in [6.07, 6.45) is 4.10. The minimum absolute atomic E-state index is 0.606. The molecule has 0 aliphatic carbocycles. The summed E-state index contributed by atoms with van der Waals surface area (Å²) in [5.41, 5.74) is 1.46. The highest BCUT2D eigenvalue weighted by molar-refractivity contribution is 9.09. The molecule has 2 rings (SSSR count). The molecule has 1 aromatic rings. The Morgan fingerprint density at radius 3 is 2.33 bits per heavy atom. The molecule has 1 aromatic carbocycles. The van der Waals surface area contributed by atoms with Crippen LogP contribution >= 0.6 is 15.9 Å². The molecular formula is C16H24BrN. The topological polar surface area (TPSA) is 3.24 Å². The van der Waals surface area contributed by atoms with Gasteiger partial charge in [0.25, 0.3) is 0 Å². The van der Waals surface area contributed by atoms with Crippen molar-refractivity contribution in [2.75, 3.05) is 11.9 Å².